The summed E-state index contributed by atoms with van der Waals surface area (Å²) >= 11 is 0. The molecule has 4 N–H and O–H groups in total. The number of aliphatic hydroxyl groups is 1. The van der Waals surface area contributed by atoms with Crippen LogP contribution in [0.3, 0.4) is 0 Å². The van der Waals surface area contributed by atoms with Crippen molar-refractivity contribution in [2.45, 2.75) is 70.6 Å². The van der Waals surface area contributed by atoms with Crippen molar-refractivity contribution in [3.8, 4) is 0 Å². The van der Waals surface area contributed by atoms with Crippen LogP contribution in [0.1, 0.15) is 42.7 Å². The zero-order valence-electron chi connectivity index (χ0n) is 26.5. The van der Waals surface area contributed by atoms with Crippen LogP contribution in [0.15, 0.2) is 102 Å². The van der Waals surface area contributed by atoms with Gasteiger partial charge in [-0.1, -0.05) is 80.6 Å². The van der Waals surface area contributed by atoms with Gasteiger partial charge in [0.1, 0.15) is 12.6 Å². The van der Waals surface area contributed by atoms with Crippen LogP contribution < -0.4 is 16.0 Å². The SMILES string of the molecule is CC(C)[C@H](NC(=O)OCc1cnco1)C(=O)N[C@@H](Cc1ccccc1)[C@@H](O)C[C@H](Cc1ccccc1)NC(=O)OCc1cccnc1. The summed E-state index contributed by atoms with van der Waals surface area (Å²) in [5, 5.41) is 20.1. The van der Waals surface area contributed by atoms with Crippen LogP contribution in [0, 0.1) is 5.92 Å². The average Bonchev–Trinajstić information content (AvgIpc) is 3.60. The maximum Gasteiger partial charge on any atom is 0.408 e. The van der Waals surface area contributed by atoms with Crippen LogP contribution in [0.5, 0.6) is 0 Å². The lowest BCUT2D eigenvalue weighted by Gasteiger charge is -2.30. The molecule has 0 bridgehead atoms. The molecule has 248 valence electrons. The van der Waals surface area contributed by atoms with E-state index < -0.39 is 42.3 Å². The Hall–Kier alpha value is -5.23. The molecule has 0 spiro atoms. The van der Waals surface area contributed by atoms with Gasteiger partial charge >= 0.3 is 12.2 Å². The first kappa shape index (κ1) is 34.6. The molecule has 0 fully saturated rings. The summed E-state index contributed by atoms with van der Waals surface area (Å²) in [6.07, 6.45) is 4.20. The number of carbonyl (C=O) groups excluding carboxylic acids is 3. The van der Waals surface area contributed by atoms with E-state index in [1.807, 2.05) is 60.7 Å². The Bertz CT molecular complexity index is 1510. The first-order valence-corrected chi connectivity index (χ1v) is 15.5. The van der Waals surface area contributed by atoms with Crippen LogP contribution >= 0.6 is 0 Å². The number of aliphatic hydroxyl groups excluding tert-OH is 1. The van der Waals surface area contributed by atoms with E-state index in [1.165, 1.54) is 12.6 Å². The van der Waals surface area contributed by atoms with E-state index in [0.29, 0.717) is 18.6 Å². The maximum absolute atomic E-state index is 13.6. The topological polar surface area (TPSA) is 165 Å². The normalized spacial score (nSPS) is 13.5. The summed E-state index contributed by atoms with van der Waals surface area (Å²) < 4.78 is 15.7. The lowest BCUT2D eigenvalue weighted by Crippen LogP contribution is -2.56. The predicted molar refractivity (Wildman–Crippen MR) is 173 cm³/mol. The van der Waals surface area contributed by atoms with Gasteiger partial charge in [-0.25, -0.2) is 14.6 Å². The number of amides is 3. The van der Waals surface area contributed by atoms with Crippen LogP contribution in [0.2, 0.25) is 0 Å². The monoisotopic (exact) mass is 643 g/mol. The number of carbonyl (C=O) groups is 3. The van der Waals surface area contributed by atoms with Crippen molar-refractivity contribution in [1.82, 2.24) is 25.9 Å². The molecule has 0 aliphatic heterocycles. The Morgan fingerprint density at radius 1 is 0.766 bits per heavy atom. The number of nitrogens with zero attached hydrogens (tertiary/aromatic N) is 2. The molecule has 0 saturated heterocycles. The second-order valence-electron chi connectivity index (χ2n) is 11.5. The van der Waals surface area contributed by atoms with E-state index >= 15 is 0 Å². The van der Waals surface area contributed by atoms with Gasteiger partial charge in [0, 0.05) is 24.0 Å². The Morgan fingerprint density at radius 2 is 1.40 bits per heavy atom. The maximum atomic E-state index is 13.6. The molecule has 4 atom stereocenters. The molecule has 12 heteroatoms. The van der Waals surface area contributed by atoms with E-state index in [2.05, 4.69) is 25.9 Å². The van der Waals surface area contributed by atoms with Gasteiger partial charge in [0.25, 0.3) is 0 Å². The molecule has 0 saturated carbocycles. The van der Waals surface area contributed by atoms with Crippen LogP contribution in [0.4, 0.5) is 9.59 Å². The number of ether oxygens (including phenoxy) is 2. The molecule has 2 heterocycles. The van der Waals surface area contributed by atoms with Gasteiger partial charge in [-0.2, -0.15) is 0 Å². The number of pyridine rings is 1. The summed E-state index contributed by atoms with van der Waals surface area (Å²) in [5.41, 5.74) is 2.58. The van der Waals surface area contributed by atoms with E-state index in [-0.39, 0.29) is 25.6 Å². The lowest BCUT2D eigenvalue weighted by atomic mass is 9.93. The Balaban J connectivity index is 1.46. The van der Waals surface area contributed by atoms with Gasteiger partial charge in [0.05, 0.1) is 18.3 Å². The van der Waals surface area contributed by atoms with E-state index in [0.717, 1.165) is 16.7 Å². The number of oxazole rings is 1. The van der Waals surface area contributed by atoms with Crippen molar-refractivity contribution >= 4 is 18.1 Å². The quantitative estimate of drug-likeness (QED) is 0.139. The largest absolute Gasteiger partial charge is 0.445 e. The molecule has 0 aliphatic carbocycles. The molecule has 3 amide bonds. The number of hydrogen-bond acceptors (Lipinski definition) is 9. The van der Waals surface area contributed by atoms with Gasteiger partial charge < -0.3 is 34.9 Å². The molecule has 0 radical (unpaired) electrons. The van der Waals surface area contributed by atoms with Crippen LogP contribution in [-0.2, 0) is 40.3 Å². The Labute approximate surface area is 273 Å². The number of alkyl carbamates (subject to hydrolysis) is 2. The second-order valence-corrected chi connectivity index (χ2v) is 11.5. The summed E-state index contributed by atoms with van der Waals surface area (Å²) in [5.74, 6) is -0.430. The van der Waals surface area contributed by atoms with Crippen molar-refractivity contribution in [2.24, 2.45) is 5.92 Å². The highest BCUT2D eigenvalue weighted by molar-refractivity contribution is 5.86. The number of hydrogen-bond donors (Lipinski definition) is 4. The van der Waals surface area contributed by atoms with Gasteiger partial charge in [0.15, 0.2) is 18.8 Å². The fourth-order valence-electron chi connectivity index (χ4n) is 4.97. The lowest BCUT2D eigenvalue weighted by molar-refractivity contribution is -0.125. The van der Waals surface area contributed by atoms with E-state index in [9.17, 15) is 19.5 Å². The Kier molecular flexibility index (Phi) is 13.3. The van der Waals surface area contributed by atoms with Crippen LogP contribution in [-0.4, -0.2) is 57.4 Å². The zero-order valence-corrected chi connectivity index (χ0v) is 26.5. The molecular weight excluding hydrogens is 602 g/mol. The highest BCUT2D eigenvalue weighted by atomic mass is 16.6. The molecule has 0 unspecified atom stereocenters. The minimum absolute atomic E-state index is 0.0391. The number of nitrogens with one attached hydrogen (secondary N) is 3. The van der Waals surface area contributed by atoms with E-state index in [1.54, 1.807) is 38.4 Å². The minimum atomic E-state index is -1.09. The average molecular weight is 644 g/mol. The highest BCUT2D eigenvalue weighted by Gasteiger charge is 2.31. The van der Waals surface area contributed by atoms with Gasteiger partial charge in [-0.15, -0.1) is 0 Å². The molecule has 4 rings (SSSR count). The van der Waals surface area contributed by atoms with Crippen molar-refractivity contribution in [3.05, 3.63) is 120 Å². The third kappa shape index (κ3) is 11.9. The van der Waals surface area contributed by atoms with Crippen molar-refractivity contribution in [3.63, 3.8) is 0 Å². The molecule has 2 aromatic carbocycles. The van der Waals surface area contributed by atoms with Crippen LogP contribution in [0.25, 0.3) is 0 Å². The minimum Gasteiger partial charge on any atom is -0.445 e. The van der Waals surface area contributed by atoms with Crippen molar-refractivity contribution in [1.29, 1.82) is 0 Å². The van der Waals surface area contributed by atoms with Gasteiger partial charge in [0.2, 0.25) is 5.91 Å². The number of rotatable bonds is 16. The second kappa shape index (κ2) is 18.1. The third-order valence-corrected chi connectivity index (χ3v) is 7.41. The highest BCUT2D eigenvalue weighted by Crippen LogP contribution is 2.16. The van der Waals surface area contributed by atoms with Gasteiger partial charge in [-0.05, 0) is 42.4 Å². The molecule has 12 nitrogen and oxygen atoms in total. The summed E-state index contributed by atoms with van der Waals surface area (Å²) in [4.78, 5) is 46.9. The molecule has 0 aliphatic rings. The Morgan fingerprint density at radius 3 is 2.02 bits per heavy atom. The zero-order chi connectivity index (χ0) is 33.4. The molecular formula is C35H41N5O7. The first-order chi connectivity index (χ1) is 22.8. The number of aromatic nitrogens is 2. The van der Waals surface area contributed by atoms with Gasteiger partial charge in [-0.3, -0.25) is 9.78 Å². The molecule has 4 aromatic rings. The van der Waals surface area contributed by atoms with Crippen molar-refractivity contribution < 1.29 is 33.4 Å². The van der Waals surface area contributed by atoms with E-state index in [4.69, 9.17) is 13.9 Å². The predicted octanol–water partition coefficient (Wildman–Crippen LogP) is 4.34. The smallest absolute Gasteiger partial charge is 0.408 e. The fraction of sp³-hybridized carbons (Fsp3) is 0.343. The first-order valence-electron chi connectivity index (χ1n) is 15.5. The summed E-state index contributed by atoms with van der Waals surface area (Å²) in [6, 6.07) is 20.3. The van der Waals surface area contributed by atoms with Crippen molar-refractivity contribution in [2.75, 3.05) is 0 Å². The third-order valence-electron chi connectivity index (χ3n) is 7.41. The molecule has 47 heavy (non-hydrogen) atoms. The number of benzene rings is 2. The summed E-state index contributed by atoms with van der Waals surface area (Å²) in [7, 11) is 0. The molecule has 2 aromatic heterocycles. The summed E-state index contributed by atoms with van der Waals surface area (Å²) in [6.45, 7) is 3.48. The standard InChI is InChI=1S/C35H41N5O7/c1-24(2)32(40-35(44)46-22-29-20-37-23-47-29)33(42)39-30(17-26-12-7-4-8-13-26)31(41)18-28(16-25-10-5-3-6-11-25)38-34(43)45-21-27-14-9-15-36-19-27/h3-15,19-20,23-24,28,30-32,41H,16-18,21-22H2,1-2H3,(H,38,43)(H,39,42)(H,40,44)/t28-,30-,31-,32-/m0/s1. The fourth-order valence-corrected chi connectivity index (χ4v) is 4.97.